The third-order valence-corrected chi connectivity index (χ3v) is 13.3. The molecule has 0 fully saturated rings. The molecule has 270 valence electrons. The van der Waals surface area contributed by atoms with Crippen LogP contribution in [0.3, 0.4) is 0 Å². The minimum Gasteiger partial charge on any atom is -0.144 e. The number of hydrogen-bond acceptors (Lipinski definition) is 2. The van der Waals surface area contributed by atoms with E-state index in [1.807, 2.05) is 22.7 Å². The van der Waals surface area contributed by atoms with Crippen LogP contribution >= 0.6 is 22.7 Å². The van der Waals surface area contributed by atoms with Gasteiger partial charge in [0.15, 0.2) is 0 Å². The van der Waals surface area contributed by atoms with Crippen molar-refractivity contribution in [1.29, 1.82) is 0 Å². The topological polar surface area (TPSA) is 0 Å². The molecule has 5 aromatic carbocycles. The largest absolute Gasteiger partial charge is 0.243 e. The summed E-state index contributed by atoms with van der Waals surface area (Å²) in [7, 11) is 0. The van der Waals surface area contributed by atoms with Crippen molar-refractivity contribution in [2.75, 3.05) is 0 Å². The van der Waals surface area contributed by atoms with E-state index in [2.05, 4.69) is 179 Å². The second-order valence-corrected chi connectivity index (χ2v) is 18.0. The predicted molar refractivity (Wildman–Crippen MR) is 245 cm³/mol. The van der Waals surface area contributed by atoms with Gasteiger partial charge in [0.25, 0.3) is 0 Å². The van der Waals surface area contributed by atoms with Gasteiger partial charge in [0.05, 0.1) is 0 Å². The molecular formula is C50H52B2S2. The van der Waals surface area contributed by atoms with Crippen molar-refractivity contribution in [1.82, 2.24) is 0 Å². The van der Waals surface area contributed by atoms with Crippen LogP contribution < -0.4 is 32.8 Å². The molecule has 0 unspecified atom stereocenters. The Morgan fingerprint density at radius 2 is 0.574 bits per heavy atom. The molecule has 4 heteroatoms. The molecule has 0 saturated heterocycles. The SMILES string of the molecule is Cc1cc(C)c(B(c2cc(-c3cccs3)c(B(c3c(C)cc(C)cc3C)c3c(C)cc(C)cc3C)cc2-c2cccs2)c2c(C)cc(C)cc2C)c(C)c1. The summed E-state index contributed by atoms with van der Waals surface area (Å²) in [5.74, 6) is 0. The summed E-state index contributed by atoms with van der Waals surface area (Å²) in [6.45, 7) is 27.6. The van der Waals surface area contributed by atoms with Gasteiger partial charge in [-0.05, 0) is 117 Å². The lowest BCUT2D eigenvalue weighted by Gasteiger charge is -2.30. The second-order valence-electron chi connectivity index (χ2n) is 16.1. The summed E-state index contributed by atoms with van der Waals surface area (Å²) < 4.78 is 0. The summed E-state index contributed by atoms with van der Waals surface area (Å²) in [6, 6.07) is 33.4. The maximum absolute atomic E-state index is 2.61. The number of aryl methyl sites for hydroxylation is 12. The Balaban J connectivity index is 1.68. The zero-order valence-electron chi connectivity index (χ0n) is 34.2. The van der Waals surface area contributed by atoms with Gasteiger partial charge in [0.2, 0.25) is 13.4 Å². The van der Waals surface area contributed by atoms with E-state index in [4.69, 9.17) is 0 Å². The van der Waals surface area contributed by atoms with E-state index in [9.17, 15) is 0 Å². The third kappa shape index (κ3) is 7.00. The summed E-state index contributed by atoms with van der Waals surface area (Å²) in [6.07, 6.45) is 0. The summed E-state index contributed by atoms with van der Waals surface area (Å²) in [5, 5.41) is 4.48. The molecule has 2 heterocycles. The summed E-state index contributed by atoms with van der Waals surface area (Å²) in [5.41, 5.74) is 27.2. The lowest BCUT2D eigenvalue weighted by Crippen LogP contribution is -2.59. The fraction of sp³-hybridized carbons (Fsp3) is 0.240. The molecule has 0 atom stereocenters. The van der Waals surface area contributed by atoms with Crippen LogP contribution in [0.2, 0.25) is 0 Å². The first-order valence-electron chi connectivity index (χ1n) is 19.3. The van der Waals surface area contributed by atoms with E-state index in [-0.39, 0.29) is 13.4 Å². The van der Waals surface area contributed by atoms with E-state index in [0.29, 0.717) is 0 Å². The van der Waals surface area contributed by atoms with Crippen molar-refractivity contribution < 1.29 is 0 Å². The first-order chi connectivity index (χ1) is 25.7. The molecule has 7 rings (SSSR count). The molecule has 0 aliphatic carbocycles. The Morgan fingerprint density at radius 1 is 0.333 bits per heavy atom. The van der Waals surface area contributed by atoms with Gasteiger partial charge in [0, 0.05) is 9.75 Å². The maximum atomic E-state index is 2.61. The van der Waals surface area contributed by atoms with Gasteiger partial charge in [-0.15, -0.1) is 22.7 Å². The lowest BCUT2D eigenvalue weighted by atomic mass is 9.31. The standard InChI is InChI=1S/C50H52B2S2/c1-29-19-33(5)47(34(6)20-29)51(48-35(7)21-30(2)22-36(48)8)43-27-42(46-16-14-18-54-46)44(28-41(43)45-15-13-17-53-45)52(49-37(9)23-31(3)24-38(49)10)50-39(11)25-32(4)26-40(50)12/h13-28H,1-12H3. The van der Waals surface area contributed by atoms with Crippen LogP contribution in [0, 0.1) is 83.1 Å². The van der Waals surface area contributed by atoms with Gasteiger partial charge in [-0.25, -0.2) is 0 Å². The summed E-state index contributed by atoms with van der Waals surface area (Å²) in [4.78, 5) is 2.62. The van der Waals surface area contributed by atoms with Crippen LogP contribution in [0.15, 0.2) is 95.7 Å². The van der Waals surface area contributed by atoms with Crippen LogP contribution in [0.1, 0.15) is 66.8 Å². The lowest BCUT2D eigenvalue weighted by molar-refractivity contribution is 1.34. The fourth-order valence-corrected chi connectivity index (χ4v) is 11.4. The van der Waals surface area contributed by atoms with E-state index in [0.717, 1.165) is 0 Å². The van der Waals surface area contributed by atoms with Gasteiger partial charge in [-0.1, -0.05) is 172 Å². The highest BCUT2D eigenvalue weighted by Crippen LogP contribution is 2.30. The average molecular weight is 739 g/mol. The van der Waals surface area contributed by atoms with Crippen molar-refractivity contribution in [2.24, 2.45) is 0 Å². The van der Waals surface area contributed by atoms with Crippen LogP contribution in [0.5, 0.6) is 0 Å². The maximum Gasteiger partial charge on any atom is 0.243 e. The molecule has 0 amide bonds. The Bertz CT molecular complexity index is 2130. The van der Waals surface area contributed by atoms with Crippen molar-refractivity contribution in [3.05, 3.63) is 162 Å². The fourth-order valence-electron chi connectivity index (χ4n) is 9.90. The highest BCUT2D eigenvalue weighted by Gasteiger charge is 2.36. The van der Waals surface area contributed by atoms with Gasteiger partial charge in [-0.3, -0.25) is 0 Å². The number of hydrogen-bond donors (Lipinski definition) is 0. The first kappa shape index (κ1) is 37.9. The Labute approximate surface area is 333 Å². The number of rotatable bonds is 8. The summed E-state index contributed by atoms with van der Waals surface area (Å²) >= 11 is 3.71. The molecule has 0 bridgehead atoms. The highest BCUT2D eigenvalue weighted by molar-refractivity contribution is 7.14. The van der Waals surface area contributed by atoms with Crippen LogP contribution in [-0.2, 0) is 0 Å². The normalized spacial score (nSPS) is 11.3. The van der Waals surface area contributed by atoms with E-state index < -0.39 is 0 Å². The molecule has 2 aromatic heterocycles. The number of benzene rings is 5. The Hall–Kier alpha value is -4.37. The van der Waals surface area contributed by atoms with Gasteiger partial charge < -0.3 is 0 Å². The van der Waals surface area contributed by atoms with Crippen molar-refractivity contribution in [2.45, 2.75) is 83.1 Å². The minimum absolute atomic E-state index is 0.0557. The van der Waals surface area contributed by atoms with Gasteiger partial charge in [0.1, 0.15) is 0 Å². The second kappa shape index (κ2) is 15.0. The molecule has 0 radical (unpaired) electrons. The molecule has 0 nitrogen and oxygen atoms in total. The van der Waals surface area contributed by atoms with E-state index in [1.54, 1.807) is 0 Å². The van der Waals surface area contributed by atoms with Crippen molar-refractivity contribution >= 4 is 68.9 Å². The van der Waals surface area contributed by atoms with Crippen LogP contribution in [0.4, 0.5) is 0 Å². The quantitative estimate of drug-likeness (QED) is 0.136. The van der Waals surface area contributed by atoms with Gasteiger partial charge >= 0.3 is 0 Å². The molecule has 0 saturated carbocycles. The van der Waals surface area contributed by atoms with Crippen LogP contribution in [0.25, 0.3) is 20.9 Å². The average Bonchev–Trinajstić information content (AvgIpc) is 3.80. The highest BCUT2D eigenvalue weighted by atomic mass is 32.1. The molecule has 0 aliphatic heterocycles. The Morgan fingerprint density at radius 3 is 0.778 bits per heavy atom. The first-order valence-corrected chi connectivity index (χ1v) is 21.1. The van der Waals surface area contributed by atoms with Crippen molar-refractivity contribution in [3.63, 3.8) is 0 Å². The third-order valence-electron chi connectivity index (χ3n) is 11.5. The van der Waals surface area contributed by atoms with Crippen molar-refractivity contribution in [3.8, 4) is 20.9 Å². The smallest absolute Gasteiger partial charge is 0.144 e. The molecule has 7 aromatic rings. The monoisotopic (exact) mass is 738 g/mol. The molecule has 0 N–H and O–H groups in total. The molecule has 54 heavy (non-hydrogen) atoms. The molecular weight excluding hydrogens is 686 g/mol. The zero-order valence-corrected chi connectivity index (χ0v) is 35.8. The van der Waals surface area contributed by atoms with E-state index in [1.165, 1.54) is 120 Å². The van der Waals surface area contributed by atoms with Gasteiger partial charge in [-0.2, -0.15) is 0 Å². The minimum atomic E-state index is 0.0557. The van der Waals surface area contributed by atoms with Crippen LogP contribution in [-0.4, -0.2) is 13.4 Å². The zero-order chi connectivity index (χ0) is 38.6. The van der Waals surface area contributed by atoms with E-state index >= 15 is 0 Å². The predicted octanol–water partition coefficient (Wildman–Crippen LogP) is 9.88. The molecule has 0 aliphatic rings. The molecule has 0 spiro atoms. The number of thiophene rings is 2. The Kier molecular flexibility index (Phi) is 10.6.